The number of ether oxygens (including phenoxy) is 1. The van der Waals surface area contributed by atoms with E-state index in [0.717, 1.165) is 0 Å². The Balaban J connectivity index is 1.52. The largest absolute Gasteiger partial charge is 0.455 e. The molecule has 4 aromatic rings. The van der Waals surface area contributed by atoms with E-state index in [-0.39, 0.29) is 40.9 Å². The maximum atomic E-state index is 13.5. The van der Waals surface area contributed by atoms with Crippen LogP contribution in [0.15, 0.2) is 65.1 Å². The molecule has 1 fully saturated rings. The average molecular weight is 590 g/mol. The maximum Gasteiger partial charge on any atom is 0.389 e. The SMILES string of the molecule is CC1(NC(=O)c2cccc(-c3cc4c(C=O)c(-c5ccc(F)cc5)oc4cc3CCC(F)(F)F)c2)CC(OC(F)F)C1. The van der Waals surface area contributed by atoms with Gasteiger partial charge in [0, 0.05) is 28.5 Å². The first-order valence-corrected chi connectivity index (χ1v) is 13.1. The summed E-state index contributed by atoms with van der Waals surface area (Å²) in [6.07, 6.45) is -5.65. The standard InChI is InChI=1S/C31H25F6NO4/c1-30(14-22(15-30)41-29(33)34)38-28(40)20-4-2-3-18(11-20)23-13-24-25(16-39)27(17-5-7-21(32)8-6-17)42-26(24)12-19(23)9-10-31(35,36)37/h2-8,11-13,16,22,29H,9-10,14-15H2,1H3,(H,38,40). The third-order valence-corrected chi connectivity index (χ3v) is 7.36. The molecule has 42 heavy (non-hydrogen) atoms. The van der Waals surface area contributed by atoms with Gasteiger partial charge in [0.2, 0.25) is 0 Å². The number of halogens is 6. The summed E-state index contributed by atoms with van der Waals surface area (Å²) in [6, 6.07) is 14.5. The van der Waals surface area contributed by atoms with Crippen molar-refractivity contribution in [1.29, 1.82) is 0 Å². The van der Waals surface area contributed by atoms with E-state index in [0.29, 0.717) is 28.4 Å². The fourth-order valence-corrected chi connectivity index (χ4v) is 5.35. The summed E-state index contributed by atoms with van der Waals surface area (Å²) < 4.78 is 88.5. The summed E-state index contributed by atoms with van der Waals surface area (Å²) in [5, 5.41) is 3.17. The van der Waals surface area contributed by atoms with Gasteiger partial charge in [-0.05, 0) is 91.4 Å². The van der Waals surface area contributed by atoms with Gasteiger partial charge >= 0.3 is 12.8 Å². The lowest BCUT2D eigenvalue weighted by Crippen LogP contribution is -2.58. The molecule has 220 valence electrons. The molecule has 0 atom stereocenters. The number of hydrogen-bond donors (Lipinski definition) is 1. The third kappa shape index (κ3) is 6.35. The normalized spacial score (nSPS) is 18.7. The van der Waals surface area contributed by atoms with Crippen molar-refractivity contribution in [2.24, 2.45) is 0 Å². The Morgan fingerprint density at radius 1 is 1.10 bits per heavy atom. The lowest BCUT2D eigenvalue weighted by atomic mass is 9.75. The van der Waals surface area contributed by atoms with Crippen LogP contribution in [0.1, 0.15) is 52.5 Å². The molecule has 11 heteroatoms. The predicted octanol–water partition coefficient (Wildman–Crippen LogP) is 8.10. The maximum absolute atomic E-state index is 13.5. The van der Waals surface area contributed by atoms with Crippen molar-refractivity contribution in [2.45, 2.75) is 57.0 Å². The number of benzene rings is 3. The van der Waals surface area contributed by atoms with E-state index < -0.39 is 49.0 Å². The van der Waals surface area contributed by atoms with Gasteiger partial charge in [0.15, 0.2) is 6.29 Å². The lowest BCUT2D eigenvalue weighted by Gasteiger charge is -2.45. The van der Waals surface area contributed by atoms with Gasteiger partial charge in [-0.3, -0.25) is 9.59 Å². The molecule has 0 aliphatic heterocycles. The summed E-state index contributed by atoms with van der Waals surface area (Å²) in [4.78, 5) is 25.2. The van der Waals surface area contributed by atoms with Crippen LogP contribution in [0.5, 0.6) is 0 Å². The third-order valence-electron chi connectivity index (χ3n) is 7.36. The number of carbonyl (C=O) groups is 2. The van der Waals surface area contributed by atoms with Gasteiger partial charge in [-0.25, -0.2) is 4.39 Å². The number of aldehydes is 1. The van der Waals surface area contributed by atoms with Crippen LogP contribution < -0.4 is 5.32 Å². The molecule has 0 spiro atoms. The predicted molar refractivity (Wildman–Crippen MR) is 143 cm³/mol. The van der Waals surface area contributed by atoms with Crippen molar-refractivity contribution in [3.63, 3.8) is 0 Å². The van der Waals surface area contributed by atoms with Gasteiger partial charge in [0.25, 0.3) is 5.91 Å². The highest BCUT2D eigenvalue weighted by Crippen LogP contribution is 2.39. The second-order valence-electron chi connectivity index (χ2n) is 10.6. The molecular formula is C31H25F6NO4. The second kappa shape index (κ2) is 11.3. The number of rotatable bonds is 9. The van der Waals surface area contributed by atoms with E-state index in [9.17, 15) is 35.9 Å². The molecule has 1 amide bonds. The lowest BCUT2D eigenvalue weighted by molar-refractivity contribution is -0.194. The van der Waals surface area contributed by atoms with Crippen molar-refractivity contribution in [1.82, 2.24) is 5.32 Å². The van der Waals surface area contributed by atoms with Crippen molar-refractivity contribution in [2.75, 3.05) is 0 Å². The minimum Gasteiger partial charge on any atom is -0.455 e. The van der Waals surface area contributed by atoms with E-state index in [1.165, 1.54) is 42.5 Å². The van der Waals surface area contributed by atoms with Crippen LogP contribution in [-0.4, -0.2) is 36.6 Å². The first-order chi connectivity index (χ1) is 19.8. The molecule has 1 heterocycles. The minimum absolute atomic E-state index is 0.146. The van der Waals surface area contributed by atoms with E-state index in [1.807, 2.05) is 0 Å². The average Bonchev–Trinajstić information content (AvgIpc) is 3.27. The van der Waals surface area contributed by atoms with Gasteiger partial charge < -0.3 is 14.5 Å². The van der Waals surface area contributed by atoms with Crippen LogP contribution in [0, 0.1) is 5.82 Å². The summed E-state index contributed by atoms with van der Waals surface area (Å²) in [5.74, 6) is -0.825. The van der Waals surface area contributed by atoms with Crippen LogP contribution in [0.2, 0.25) is 0 Å². The van der Waals surface area contributed by atoms with Crippen molar-refractivity contribution < 1.29 is 45.1 Å². The molecule has 3 aromatic carbocycles. The molecule has 0 radical (unpaired) electrons. The monoisotopic (exact) mass is 589 g/mol. The summed E-state index contributed by atoms with van der Waals surface area (Å²) in [6.45, 7) is -1.19. The number of fused-ring (bicyclic) bond motifs is 1. The molecule has 0 bridgehead atoms. The molecule has 0 saturated heterocycles. The zero-order chi connectivity index (χ0) is 30.2. The quantitative estimate of drug-likeness (QED) is 0.158. The van der Waals surface area contributed by atoms with E-state index in [1.54, 1.807) is 25.1 Å². The highest BCUT2D eigenvalue weighted by molar-refractivity contribution is 6.04. The van der Waals surface area contributed by atoms with Crippen LogP contribution in [0.3, 0.4) is 0 Å². The molecule has 0 unspecified atom stereocenters. The number of amides is 1. The zero-order valence-corrected chi connectivity index (χ0v) is 22.2. The molecule has 1 aliphatic carbocycles. The van der Waals surface area contributed by atoms with Gasteiger partial charge in [0.05, 0.1) is 11.7 Å². The number of hydrogen-bond acceptors (Lipinski definition) is 4. The number of furan rings is 1. The van der Waals surface area contributed by atoms with Crippen molar-refractivity contribution >= 4 is 23.2 Å². The molecular weight excluding hydrogens is 564 g/mol. The molecule has 1 saturated carbocycles. The first-order valence-electron chi connectivity index (χ1n) is 13.1. The van der Waals surface area contributed by atoms with Crippen LogP contribution in [-0.2, 0) is 11.2 Å². The van der Waals surface area contributed by atoms with Gasteiger partial charge in [-0.15, -0.1) is 0 Å². The fourth-order valence-electron chi connectivity index (χ4n) is 5.35. The summed E-state index contributed by atoms with van der Waals surface area (Å²) in [5.41, 5.74) is 1.29. The number of carbonyl (C=O) groups excluding carboxylic acids is 2. The first kappa shape index (κ1) is 29.4. The summed E-state index contributed by atoms with van der Waals surface area (Å²) >= 11 is 0. The molecule has 5 nitrogen and oxygen atoms in total. The molecule has 1 aliphatic rings. The Kier molecular flexibility index (Phi) is 7.89. The smallest absolute Gasteiger partial charge is 0.389 e. The Morgan fingerprint density at radius 2 is 1.81 bits per heavy atom. The number of nitrogens with one attached hydrogen (secondary N) is 1. The molecule has 1 N–H and O–H groups in total. The highest BCUT2D eigenvalue weighted by atomic mass is 19.4. The van der Waals surface area contributed by atoms with E-state index in [4.69, 9.17) is 4.42 Å². The van der Waals surface area contributed by atoms with Gasteiger partial charge in [0.1, 0.15) is 17.2 Å². The van der Waals surface area contributed by atoms with Gasteiger partial charge in [-0.1, -0.05) is 12.1 Å². The van der Waals surface area contributed by atoms with E-state index in [2.05, 4.69) is 10.1 Å². The van der Waals surface area contributed by atoms with Crippen LogP contribution >= 0.6 is 0 Å². The highest BCUT2D eigenvalue weighted by Gasteiger charge is 2.43. The topological polar surface area (TPSA) is 68.5 Å². The molecule has 1 aromatic heterocycles. The fraction of sp³-hybridized carbons (Fsp3) is 0.290. The Morgan fingerprint density at radius 3 is 2.45 bits per heavy atom. The molecule has 5 rings (SSSR count). The summed E-state index contributed by atoms with van der Waals surface area (Å²) in [7, 11) is 0. The Hall–Kier alpha value is -4.12. The van der Waals surface area contributed by atoms with Crippen molar-refractivity contribution in [3.8, 4) is 22.5 Å². The van der Waals surface area contributed by atoms with Crippen LogP contribution in [0.25, 0.3) is 33.4 Å². The second-order valence-corrected chi connectivity index (χ2v) is 10.6. The Labute approximate surface area is 236 Å². The minimum atomic E-state index is -4.44. The number of aryl methyl sites for hydroxylation is 1. The Bertz CT molecular complexity index is 1620. The number of alkyl halides is 5. The van der Waals surface area contributed by atoms with E-state index >= 15 is 0 Å². The van der Waals surface area contributed by atoms with Gasteiger partial charge in [-0.2, -0.15) is 22.0 Å². The zero-order valence-electron chi connectivity index (χ0n) is 22.2. The van der Waals surface area contributed by atoms with Crippen LogP contribution in [0.4, 0.5) is 26.3 Å². The van der Waals surface area contributed by atoms with Crippen molar-refractivity contribution in [3.05, 3.63) is 83.2 Å².